The Bertz CT molecular complexity index is 1180. The Morgan fingerprint density at radius 2 is 1.57 bits per heavy atom. The molecule has 1 atom stereocenters. The molecule has 0 unspecified atom stereocenters. The van der Waals surface area contributed by atoms with E-state index in [2.05, 4.69) is 4.90 Å². The van der Waals surface area contributed by atoms with E-state index in [-0.39, 0.29) is 24.3 Å². The van der Waals surface area contributed by atoms with Crippen molar-refractivity contribution in [3.63, 3.8) is 0 Å². The number of ether oxygens (including phenoxy) is 1. The number of benzene rings is 2. The highest BCUT2D eigenvalue weighted by Crippen LogP contribution is 2.39. The molecule has 0 radical (unpaired) electrons. The van der Waals surface area contributed by atoms with Gasteiger partial charge in [0.1, 0.15) is 17.6 Å². The summed E-state index contributed by atoms with van der Waals surface area (Å²) in [6.07, 6.45) is 0.720. The summed E-state index contributed by atoms with van der Waals surface area (Å²) < 4.78 is 19.9. The van der Waals surface area contributed by atoms with Crippen LogP contribution >= 0.6 is 11.6 Å². The lowest BCUT2D eigenvalue weighted by molar-refractivity contribution is -0.139. The Morgan fingerprint density at radius 3 is 2.22 bits per heavy atom. The van der Waals surface area contributed by atoms with E-state index in [4.69, 9.17) is 16.3 Å². The first-order valence-corrected chi connectivity index (χ1v) is 12.9. The molecule has 2 aromatic carbocycles. The molecule has 3 heterocycles. The average Bonchev–Trinajstić information content (AvgIpc) is 3.27. The van der Waals surface area contributed by atoms with Crippen molar-refractivity contribution in [3.05, 3.63) is 70.5 Å². The summed E-state index contributed by atoms with van der Waals surface area (Å²) in [6.45, 7) is 3.48. The molecule has 3 aliphatic rings. The van der Waals surface area contributed by atoms with Gasteiger partial charge in [-0.15, -0.1) is 0 Å². The fraction of sp³-hybridized carbons (Fsp3) is 0.444. The van der Waals surface area contributed by atoms with Crippen LogP contribution in [0.15, 0.2) is 48.5 Å². The second-order valence-electron chi connectivity index (χ2n) is 9.89. The highest BCUT2D eigenvalue weighted by atomic mass is 35.5. The molecule has 3 aliphatic heterocycles. The Kier molecular flexibility index (Phi) is 7.20. The molecule has 2 aromatic rings. The second-order valence-corrected chi connectivity index (χ2v) is 10.3. The number of piperazine rings is 1. The normalized spacial score (nSPS) is 21.9. The molecular weight excluding hydrogens is 499 g/mol. The van der Waals surface area contributed by atoms with Gasteiger partial charge in [-0.2, -0.15) is 0 Å². The Morgan fingerprint density at radius 1 is 0.892 bits per heavy atom. The fourth-order valence-electron chi connectivity index (χ4n) is 5.39. The third-order valence-corrected chi connectivity index (χ3v) is 7.81. The quantitative estimate of drug-likeness (QED) is 0.612. The van der Waals surface area contributed by atoms with Gasteiger partial charge < -0.3 is 19.4 Å². The minimum absolute atomic E-state index is 0.0837. The van der Waals surface area contributed by atoms with Gasteiger partial charge in [-0.05, 0) is 49.5 Å². The summed E-state index contributed by atoms with van der Waals surface area (Å²) in [5.41, 5.74) is -0.234. The highest BCUT2D eigenvalue weighted by molar-refractivity contribution is 6.30. The van der Waals surface area contributed by atoms with E-state index in [1.165, 1.54) is 24.3 Å². The molecule has 0 N–H and O–H groups in total. The van der Waals surface area contributed by atoms with Crippen LogP contribution in [0.3, 0.4) is 0 Å². The van der Waals surface area contributed by atoms with Crippen molar-refractivity contribution in [3.8, 4) is 0 Å². The molecule has 0 saturated carbocycles. The van der Waals surface area contributed by atoms with Gasteiger partial charge >= 0.3 is 0 Å². The number of piperidine rings is 1. The van der Waals surface area contributed by atoms with Crippen molar-refractivity contribution in [2.45, 2.75) is 24.6 Å². The van der Waals surface area contributed by atoms with Crippen LogP contribution in [0.2, 0.25) is 5.02 Å². The van der Waals surface area contributed by atoms with Crippen molar-refractivity contribution in [1.29, 1.82) is 0 Å². The zero-order valence-corrected chi connectivity index (χ0v) is 21.5. The maximum Gasteiger partial charge on any atom is 0.256 e. The number of nitrogens with zero attached hydrogens (tertiary/aromatic N) is 4. The van der Waals surface area contributed by atoms with E-state index in [1.807, 2.05) is 7.05 Å². The first-order chi connectivity index (χ1) is 17.8. The lowest BCUT2D eigenvalue weighted by Gasteiger charge is -2.45. The molecule has 3 fully saturated rings. The number of amides is 3. The lowest BCUT2D eigenvalue weighted by atomic mass is 9.96. The smallest absolute Gasteiger partial charge is 0.256 e. The van der Waals surface area contributed by atoms with Crippen LogP contribution in [0.1, 0.15) is 33.6 Å². The average molecular weight is 529 g/mol. The lowest BCUT2D eigenvalue weighted by Crippen LogP contribution is -2.61. The van der Waals surface area contributed by atoms with E-state index in [1.54, 1.807) is 39.0 Å². The number of halogens is 2. The molecule has 1 spiro atoms. The number of likely N-dealkylation sites (tertiary alicyclic amines) is 1. The number of hydrogen-bond acceptors (Lipinski definition) is 5. The van der Waals surface area contributed by atoms with E-state index in [0.29, 0.717) is 55.2 Å². The second kappa shape index (κ2) is 10.4. The minimum atomic E-state index is -1.02. The van der Waals surface area contributed by atoms with Gasteiger partial charge in [-0.1, -0.05) is 17.7 Å². The summed E-state index contributed by atoms with van der Waals surface area (Å²) in [6, 6.07) is 11.4. The maximum atomic E-state index is 13.8. The summed E-state index contributed by atoms with van der Waals surface area (Å²) in [7, 11) is 2.01. The van der Waals surface area contributed by atoms with Gasteiger partial charge in [0.15, 0.2) is 0 Å². The first-order valence-electron chi connectivity index (χ1n) is 12.5. The standard InChI is InChI=1S/C27H30ClFN4O4/c1-30-13-15-32(16-14-30)26(36)23-18-37-27(33(23)25(35)19-5-7-22(29)8-6-19)9-11-31(12-10-27)24(34)20-3-2-4-21(28)17-20/h2-8,17,23H,9-16,18H2,1H3/t23-/m0/s1. The topological polar surface area (TPSA) is 73.4 Å². The van der Waals surface area contributed by atoms with E-state index >= 15 is 0 Å². The summed E-state index contributed by atoms with van der Waals surface area (Å²) >= 11 is 6.07. The number of likely N-dealkylation sites (N-methyl/N-ethyl adjacent to an activating group) is 1. The molecule has 10 heteroatoms. The Balaban J connectivity index is 1.39. The van der Waals surface area contributed by atoms with Crippen LogP contribution in [-0.4, -0.2) is 102 Å². The summed E-state index contributed by atoms with van der Waals surface area (Å²) in [4.78, 5) is 47.7. The van der Waals surface area contributed by atoms with Crippen molar-refractivity contribution in [2.75, 3.05) is 52.9 Å². The van der Waals surface area contributed by atoms with Gasteiger partial charge in [0.2, 0.25) is 5.91 Å². The molecule has 0 bridgehead atoms. The van der Waals surface area contributed by atoms with Crippen LogP contribution in [0.25, 0.3) is 0 Å². The predicted octanol–water partition coefficient (Wildman–Crippen LogP) is 2.73. The molecule has 3 amide bonds. The van der Waals surface area contributed by atoms with Gasteiger partial charge in [0.25, 0.3) is 11.8 Å². The molecule has 8 nitrogen and oxygen atoms in total. The monoisotopic (exact) mass is 528 g/mol. The van der Waals surface area contributed by atoms with Crippen LogP contribution in [0, 0.1) is 5.82 Å². The van der Waals surface area contributed by atoms with Gasteiger partial charge in [-0.25, -0.2) is 4.39 Å². The summed E-state index contributed by atoms with van der Waals surface area (Å²) in [5, 5.41) is 0.486. The predicted molar refractivity (Wildman–Crippen MR) is 136 cm³/mol. The Labute approximate surface area is 220 Å². The minimum Gasteiger partial charge on any atom is -0.353 e. The molecule has 196 valence electrons. The fourth-order valence-corrected chi connectivity index (χ4v) is 5.58. The Hall–Kier alpha value is -3.01. The maximum absolute atomic E-state index is 13.8. The summed E-state index contributed by atoms with van der Waals surface area (Å²) in [5.74, 6) is -1.10. The molecule has 3 saturated heterocycles. The van der Waals surface area contributed by atoms with Crippen LogP contribution < -0.4 is 0 Å². The van der Waals surface area contributed by atoms with Gasteiger partial charge in [-0.3, -0.25) is 19.3 Å². The number of carbonyl (C=O) groups excluding carboxylic acids is 3. The zero-order valence-electron chi connectivity index (χ0n) is 20.7. The van der Waals surface area contributed by atoms with Crippen molar-refractivity contribution in [2.24, 2.45) is 0 Å². The highest BCUT2D eigenvalue weighted by Gasteiger charge is 2.55. The first kappa shape index (κ1) is 25.6. The molecular formula is C27H30ClFN4O4. The molecule has 0 aromatic heterocycles. The largest absolute Gasteiger partial charge is 0.353 e. The molecule has 5 rings (SSSR count). The van der Waals surface area contributed by atoms with E-state index in [9.17, 15) is 18.8 Å². The van der Waals surface area contributed by atoms with Crippen LogP contribution in [0.5, 0.6) is 0 Å². The van der Waals surface area contributed by atoms with Crippen molar-refractivity contribution in [1.82, 2.24) is 19.6 Å². The SMILES string of the molecule is CN1CCN(C(=O)[C@@H]2COC3(CCN(C(=O)c4cccc(Cl)c4)CC3)N2C(=O)c2ccc(F)cc2)CC1. The number of carbonyl (C=O) groups is 3. The third kappa shape index (κ3) is 5.08. The van der Waals surface area contributed by atoms with Gasteiger partial charge in [0.05, 0.1) is 6.61 Å². The van der Waals surface area contributed by atoms with Crippen LogP contribution in [-0.2, 0) is 9.53 Å². The van der Waals surface area contributed by atoms with E-state index in [0.717, 1.165) is 13.1 Å². The number of hydrogen-bond donors (Lipinski definition) is 0. The van der Waals surface area contributed by atoms with Crippen molar-refractivity contribution >= 4 is 29.3 Å². The zero-order chi connectivity index (χ0) is 26.2. The van der Waals surface area contributed by atoms with E-state index < -0.39 is 17.6 Å². The van der Waals surface area contributed by atoms with Gasteiger partial charge in [0, 0.05) is 68.3 Å². The molecule has 37 heavy (non-hydrogen) atoms. The van der Waals surface area contributed by atoms with Crippen molar-refractivity contribution < 1.29 is 23.5 Å². The van der Waals surface area contributed by atoms with Crippen LogP contribution in [0.4, 0.5) is 4.39 Å². The number of rotatable bonds is 3. The molecule has 0 aliphatic carbocycles. The third-order valence-electron chi connectivity index (χ3n) is 7.57.